The van der Waals surface area contributed by atoms with Crippen LogP contribution in [0, 0.1) is 12.3 Å². The van der Waals surface area contributed by atoms with Crippen LogP contribution in [0.4, 0.5) is 0 Å². The van der Waals surface area contributed by atoms with Gasteiger partial charge in [0.25, 0.3) is 0 Å². The first kappa shape index (κ1) is 20.4. The highest BCUT2D eigenvalue weighted by molar-refractivity contribution is 5.89. The molecule has 3 aromatic rings. The SMILES string of the molecule is C#C[C@]1(O)C[C@H](c2ccccn2)N2Cc3ccccc3[C@@]1(C(=O)OC)C2c1ccccn1. The summed E-state index contributed by atoms with van der Waals surface area (Å²) in [5.41, 5.74) is -0.373. The van der Waals surface area contributed by atoms with Crippen molar-refractivity contribution in [3.8, 4) is 12.3 Å². The van der Waals surface area contributed by atoms with Crippen molar-refractivity contribution >= 4 is 5.97 Å². The van der Waals surface area contributed by atoms with Crippen LogP contribution in [0.1, 0.15) is 41.0 Å². The molecule has 1 aromatic carbocycles. The first-order valence-corrected chi connectivity index (χ1v) is 10.5. The van der Waals surface area contributed by atoms with Crippen molar-refractivity contribution < 1.29 is 14.6 Å². The van der Waals surface area contributed by atoms with Crippen molar-refractivity contribution in [2.24, 2.45) is 0 Å². The Bertz CT molecular complexity index is 1190. The maximum atomic E-state index is 13.7. The van der Waals surface area contributed by atoms with Crippen LogP contribution in [0.2, 0.25) is 0 Å². The van der Waals surface area contributed by atoms with Gasteiger partial charge in [0.2, 0.25) is 0 Å². The number of piperidine rings is 1. The van der Waals surface area contributed by atoms with Crippen molar-refractivity contribution in [3.63, 3.8) is 0 Å². The van der Waals surface area contributed by atoms with Crippen LogP contribution in [0.5, 0.6) is 0 Å². The molecule has 0 amide bonds. The maximum absolute atomic E-state index is 13.7. The number of aliphatic hydroxyl groups is 1. The summed E-state index contributed by atoms with van der Waals surface area (Å²) in [6.45, 7) is 0.554. The Hall–Kier alpha value is -3.53. The Labute approximate surface area is 186 Å². The number of aromatic nitrogens is 2. The van der Waals surface area contributed by atoms with Gasteiger partial charge in [0.15, 0.2) is 5.41 Å². The van der Waals surface area contributed by atoms with E-state index in [0.717, 1.165) is 11.3 Å². The molecule has 5 atom stereocenters. The van der Waals surface area contributed by atoms with Crippen LogP contribution < -0.4 is 0 Å². The predicted octanol–water partition coefficient (Wildman–Crippen LogP) is 2.95. The van der Waals surface area contributed by atoms with Gasteiger partial charge in [-0.3, -0.25) is 19.7 Å². The number of esters is 1. The molecule has 0 spiro atoms. The van der Waals surface area contributed by atoms with Crippen molar-refractivity contribution in [2.45, 2.75) is 36.1 Å². The smallest absolute Gasteiger partial charge is 0.322 e. The third-order valence-corrected chi connectivity index (χ3v) is 6.82. The number of carbonyl (C=O) groups is 1. The fourth-order valence-electron chi connectivity index (χ4n) is 5.53. The first-order valence-electron chi connectivity index (χ1n) is 10.5. The normalized spacial score (nSPS) is 30.6. The first-order chi connectivity index (χ1) is 15.6. The maximum Gasteiger partial charge on any atom is 0.322 e. The minimum Gasteiger partial charge on any atom is -0.468 e. The van der Waals surface area contributed by atoms with Crippen molar-refractivity contribution in [2.75, 3.05) is 7.11 Å². The van der Waals surface area contributed by atoms with Gasteiger partial charge < -0.3 is 9.84 Å². The lowest BCUT2D eigenvalue weighted by atomic mass is 9.54. The number of terminal acetylenes is 1. The summed E-state index contributed by atoms with van der Waals surface area (Å²) in [6, 6.07) is 17.9. The number of carbonyl (C=O) groups excluding carboxylic acids is 1. The molecule has 0 radical (unpaired) electrons. The van der Waals surface area contributed by atoms with E-state index in [1.165, 1.54) is 7.11 Å². The summed E-state index contributed by atoms with van der Waals surface area (Å²) in [5.74, 6) is 2.03. The predicted molar refractivity (Wildman–Crippen MR) is 118 cm³/mol. The molecule has 1 fully saturated rings. The molecule has 1 N–H and O–H groups in total. The lowest BCUT2D eigenvalue weighted by molar-refractivity contribution is -0.181. The number of hydrogen-bond acceptors (Lipinski definition) is 6. The van der Waals surface area contributed by atoms with E-state index in [-0.39, 0.29) is 12.5 Å². The minimum absolute atomic E-state index is 0.132. The Morgan fingerprint density at radius 2 is 1.75 bits per heavy atom. The Morgan fingerprint density at radius 1 is 1.09 bits per heavy atom. The van der Waals surface area contributed by atoms with E-state index in [0.29, 0.717) is 17.8 Å². The minimum atomic E-state index is -1.84. The van der Waals surface area contributed by atoms with Gasteiger partial charge in [-0.05, 0) is 35.4 Å². The Morgan fingerprint density at radius 3 is 2.38 bits per heavy atom. The fourth-order valence-corrected chi connectivity index (χ4v) is 5.53. The standard InChI is InChI=1S/C26H23N3O3/c1-3-25(31)16-22(20-12-6-8-14-27-20)29-17-18-10-4-5-11-19(18)26(25,24(30)32-2)23(29)21-13-7-9-15-28-21/h1,4-15,22-23,31H,16-17H2,2H3/t22-,23?,25+,26+/m1/s1. The zero-order valence-electron chi connectivity index (χ0n) is 17.7. The molecule has 2 aliphatic rings. The van der Waals surface area contributed by atoms with E-state index < -0.39 is 23.0 Å². The third kappa shape index (κ3) is 2.65. The number of hydrogen-bond donors (Lipinski definition) is 1. The fraction of sp³-hybridized carbons (Fsp3) is 0.269. The van der Waals surface area contributed by atoms with E-state index in [4.69, 9.17) is 11.2 Å². The number of benzene rings is 1. The van der Waals surface area contributed by atoms with E-state index in [1.54, 1.807) is 12.4 Å². The highest BCUT2D eigenvalue weighted by Crippen LogP contribution is 2.61. The average Bonchev–Trinajstić information content (AvgIpc) is 2.86. The zero-order valence-corrected chi connectivity index (χ0v) is 17.7. The van der Waals surface area contributed by atoms with Gasteiger partial charge in [-0.25, -0.2) is 0 Å². The van der Waals surface area contributed by atoms with Gasteiger partial charge in [0.1, 0.15) is 5.60 Å². The van der Waals surface area contributed by atoms with Crippen LogP contribution in [0.25, 0.3) is 0 Å². The second-order valence-electron chi connectivity index (χ2n) is 8.27. The summed E-state index contributed by atoms with van der Waals surface area (Å²) in [5, 5.41) is 12.1. The van der Waals surface area contributed by atoms with Gasteiger partial charge in [0.05, 0.1) is 30.6 Å². The summed E-state index contributed by atoms with van der Waals surface area (Å²) >= 11 is 0. The van der Waals surface area contributed by atoms with Crippen LogP contribution in [0.3, 0.4) is 0 Å². The topological polar surface area (TPSA) is 75.6 Å². The third-order valence-electron chi connectivity index (χ3n) is 6.82. The summed E-state index contributed by atoms with van der Waals surface area (Å²) in [6.07, 6.45) is 9.56. The molecule has 6 nitrogen and oxygen atoms in total. The molecule has 32 heavy (non-hydrogen) atoms. The number of methoxy groups -OCH3 is 1. The largest absolute Gasteiger partial charge is 0.468 e. The molecule has 160 valence electrons. The zero-order chi connectivity index (χ0) is 22.3. The molecule has 0 aliphatic carbocycles. The summed E-state index contributed by atoms with van der Waals surface area (Å²) in [7, 11) is 1.33. The molecule has 2 aromatic heterocycles. The molecule has 0 saturated carbocycles. The second-order valence-corrected chi connectivity index (χ2v) is 8.27. The average molecular weight is 425 g/mol. The number of ether oxygens (including phenoxy) is 1. The molecular weight excluding hydrogens is 402 g/mol. The molecule has 2 unspecified atom stereocenters. The van der Waals surface area contributed by atoms with Gasteiger partial charge in [-0.2, -0.15) is 0 Å². The van der Waals surface area contributed by atoms with Crippen molar-refractivity contribution in [1.82, 2.24) is 14.9 Å². The van der Waals surface area contributed by atoms with E-state index in [1.807, 2.05) is 60.7 Å². The summed E-state index contributed by atoms with van der Waals surface area (Å²) in [4.78, 5) is 25.1. The Kier molecular flexibility index (Phi) is 4.81. The lowest BCUT2D eigenvalue weighted by Crippen LogP contribution is -2.70. The highest BCUT2D eigenvalue weighted by atomic mass is 16.5. The summed E-state index contributed by atoms with van der Waals surface area (Å²) < 4.78 is 5.35. The number of pyridine rings is 2. The molecule has 4 heterocycles. The quantitative estimate of drug-likeness (QED) is 0.514. The molecule has 1 saturated heterocycles. The van der Waals surface area contributed by atoms with E-state index in [9.17, 15) is 9.90 Å². The van der Waals surface area contributed by atoms with Gasteiger partial charge >= 0.3 is 5.97 Å². The van der Waals surface area contributed by atoms with Gasteiger partial charge in [-0.15, -0.1) is 6.42 Å². The Balaban J connectivity index is 1.88. The van der Waals surface area contributed by atoms with Gasteiger partial charge in [-0.1, -0.05) is 42.3 Å². The number of fused-ring (bicyclic) bond motifs is 4. The van der Waals surface area contributed by atoms with Gasteiger partial charge in [0, 0.05) is 25.4 Å². The van der Waals surface area contributed by atoms with E-state index >= 15 is 0 Å². The number of nitrogens with zero attached hydrogens (tertiary/aromatic N) is 3. The van der Waals surface area contributed by atoms with Crippen molar-refractivity contribution in [1.29, 1.82) is 0 Å². The van der Waals surface area contributed by atoms with Crippen molar-refractivity contribution in [3.05, 3.63) is 95.6 Å². The molecular formula is C26H23N3O3. The monoisotopic (exact) mass is 425 g/mol. The van der Waals surface area contributed by atoms with Crippen LogP contribution >= 0.6 is 0 Å². The highest BCUT2D eigenvalue weighted by Gasteiger charge is 2.70. The second kappa shape index (κ2) is 7.56. The molecule has 6 heteroatoms. The lowest BCUT2D eigenvalue weighted by Gasteiger charge is -2.60. The molecule has 2 aliphatic heterocycles. The van der Waals surface area contributed by atoms with Crippen LogP contribution in [-0.2, 0) is 21.5 Å². The van der Waals surface area contributed by atoms with E-state index in [2.05, 4.69) is 20.8 Å². The number of rotatable bonds is 3. The molecule has 2 bridgehead atoms. The molecule has 5 rings (SSSR count). The van der Waals surface area contributed by atoms with Crippen LogP contribution in [0.15, 0.2) is 73.1 Å². The van der Waals surface area contributed by atoms with Crippen LogP contribution in [-0.4, -0.2) is 38.7 Å².